The quantitative estimate of drug-likeness (QED) is 0.848. The Morgan fingerprint density at radius 1 is 1.12 bits per heavy atom. The fraction of sp³-hybridized carbons (Fsp3) is 0.462. The minimum absolute atomic E-state index is 0. The first kappa shape index (κ1) is 15.5. The average Bonchev–Trinajstić information content (AvgIpc) is 2.16. The van der Waals surface area contributed by atoms with Crippen LogP contribution in [-0.4, -0.2) is 11.1 Å². The van der Waals surface area contributed by atoms with Crippen molar-refractivity contribution in [3.63, 3.8) is 0 Å². The molecule has 4 heteroatoms. The Bertz CT molecular complexity index is 382. The molecule has 0 heterocycles. The summed E-state index contributed by atoms with van der Waals surface area (Å²) in [6, 6.07) is 2.97. The lowest BCUT2D eigenvalue weighted by Crippen LogP contribution is -2.08. The van der Waals surface area contributed by atoms with Gasteiger partial charge in [0.2, 0.25) is 0 Å². The summed E-state index contributed by atoms with van der Waals surface area (Å²) in [7, 11) is 0. The van der Waals surface area contributed by atoms with Gasteiger partial charge < -0.3 is 16.4 Å². The Morgan fingerprint density at radius 2 is 1.47 bits per heavy atom. The van der Waals surface area contributed by atoms with Gasteiger partial charge in [-0.3, -0.25) is 0 Å². The highest BCUT2D eigenvalue weighted by Gasteiger charge is 2.12. The second kappa shape index (κ2) is 5.68. The van der Waals surface area contributed by atoms with Gasteiger partial charge >= 0.3 is 5.97 Å². The topological polar surface area (TPSA) is 96.9 Å². The SMILES string of the molecule is CC(C)c1cc(C(=O)O)cc(C(C)C)c1[O-].[NH4+]. The van der Waals surface area contributed by atoms with Crippen molar-refractivity contribution in [2.75, 3.05) is 0 Å². The lowest BCUT2D eigenvalue weighted by Gasteiger charge is -2.24. The monoisotopic (exact) mass is 239 g/mol. The van der Waals surface area contributed by atoms with Crippen LogP contribution in [0.3, 0.4) is 0 Å². The molecule has 0 spiro atoms. The van der Waals surface area contributed by atoms with Gasteiger partial charge in [0, 0.05) is 0 Å². The third-order valence-corrected chi connectivity index (χ3v) is 2.64. The molecular formula is C13H21NO3. The summed E-state index contributed by atoms with van der Waals surface area (Å²) in [5.74, 6) is -0.910. The van der Waals surface area contributed by atoms with Gasteiger partial charge in [-0.1, -0.05) is 38.8 Å². The summed E-state index contributed by atoms with van der Waals surface area (Å²) >= 11 is 0. The molecule has 1 rings (SSSR count). The van der Waals surface area contributed by atoms with Crippen molar-refractivity contribution in [3.05, 3.63) is 28.8 Å². The van der Waals surface area contributed by atoms with Gasteiger partial charge in [-0.05, 0) is 24.0 Å². The molecule has 1 aromatic rings. The van der Waals surface area contributed by atoms with E-state index >= 15 is 0 Å². The molecule has 0 saturated carbocycles. The van der Waals surface area contributed by atoms with Gasteiger partial charge in [0.1, 0.15) is 0 Å². The Hall–Kier alpha value is -1.55. The molecule has 4 nitrogen and oxygen atoms in total. The number of quaternary nitrogens is 1. The summed E-state index contributed by atoms with van der Waals surface area (Å²) < 4.78 is 0. The molecule has 5 N–H and O–H groups in total. The summed E-state index contributed by atoms with van der Waals surface area (Å²) in [4.78, 5) is 11.0. The summed E-state index contributed by atoms with van der Waals surface area (Å²) in [6.07, 6.45) is 0. The Kier molecular flexibility index (Phi) is 5.16. The Balaban J connectivity index is 0.00000256. The van der Waals surface area contributed by atoms with Crippen LogP contribution in [0, 0.1) is 0 Å². The highest BCUT2D eigenvalue weighted by molar-refractivity contribution is 5.88. The maximum atomic E-state index is 12.0. The molecule has 0 radical (unpaired) electrons. The van der Waals surface area contributed by atoms with Gasteiger partial charge in [-0.25, -0.2) is 4.79 Å². The van der Waals surface area contributed by atoms with Crippen molar-refractivity contribution in [3.8, 4) is 5.75 Å². The van der Waals surface area contributed by atoms with Crippen LogP contribution in [0.1, 0.15) is 61.0 Å². The van der Waals surface area contributed by atoms with Gasteiger partial charge in [0.05, 0.1) is 5.56 Å². The summed E-state index contributed by atoms with van der Waals surface area (Å²) in [6.45, 7) is 7.58. The zero-order chi connectivity index (χ0) is 12.5. The van der Waals surface area contributed by atoms with Crippen molar-refractivity contribution in [1.29, 1.82) is 0 Å². The standard InChI is InChI=1S/C13H18O3.H3N/c1-7(2)10-5-9(13(15)16)6-11(8(3)4)12(10)14;/h5-8,14H,1-4H3,(H,15,16);1H3. The van der Waals surface area contributed by atoms with E-state index in [0.29, 0.717) is 11.1 Å². The Morgan fingerprint density at radius 3 is 1.71 bits per heavy atom. The van der Waals surface area contributed by atoms with Crippen LogP contribution in [0.2, 0.25) is 0 Å². The average molecular weight is 239 g/mol. The second-order valence-electron chi connectivity index (χ2n) is 4.60. The number of carboxylic acid groups (broad SMARTS) is 1. The molecule has 0 amide bonds. The third-order valence-electron chi connectivity index (χ3n) is 2.64. The van der Waals surface area contributed by atoms with E-state index < -0.39 is 5.97 Å². The van der Waals surface area contributed by atoms with E-state index in [0.717, 1.165) is 0 Å². The molecule has 0 unspecified atom stereocenters. The zero-order valence-electron chi connectivity index (χ0n) is 11.1. The highest BCUT2D eigenvalue weighted by atomic mass is 16.4. The number of hydrogen-bond acceptors (Lipinski definition) is 2. The fourth-order valence-electron chi connectivity index (χ4n) is 1.66. The van der Waals surface area contributed by atoms with Crippen molar-refractivity contribution in [2.24, 2.45) is 0 Å². The van der Waals surface area contributed by atoms with E-state index in [1.165, 1.54) is 12.1 Å². The lowest BCUT2D eigenvalue weighted by atomic mass is 9.91. The van der Waals surface area contributed by atoms with E-state index in [1.54, 1.807) is 0 Å². The fourth-order valence-corrected chi connectivity index (χ4v) is 1.66. The van der Waals surface area contributed by atoms with Crippen molar-refractivity contribution < 1.29 is 15.0 Å². The van der Waals surface area contributed by atoms with Crippen LogP contribution < -0.4 is 11.3 Å². The lowest BCUT2D eigenvalue weighted by molar-refractivity contribution is -0.270. The number of aromatic carboxylic acids is 1. The highest BCUT2D eigenvalue weighted by Crippen LogP contribution is 2.32. The number of benzene rings is 1. The molecule has 1 aromatic carbocycles. The molecule has 0 atom stereocenters. The van der Waals surface area contributed by atoms with Crippen molar-refractivity contribution in [2.45, 2.75) is 39.5 Å². The number of carboxylic acids is 1. The maximum Gasteiger partial charge on any atom is 0.335 e. The van der Waals surface area contributed by atoms with E-state index in [9.17, 15) is 9.90 Å². The molecule has 0 aliphatic carbocycles. The smallest absolute Gasteiger partial charge is 0.335 e. The molecule has 0 aliphatic rings. The van der Waals surface area contributed by atoms with E-state index in [-0.39, 0.29) is 29.3 Å². The molecule has 0 fully saturated rings. The van der Waals surface area contributed by atoms with Gasteiger partial charge in [-0.15, -0.1) is 5.75 Å². The summed E-state index contributed by atoms with van der Waals surface area (Å²) in [5.41, 5.74) is 1.37. The maximum absolute atomic E-state index is 12.0. The predicted molar refractivity (Wildman–Crippen MR) is 67.0 cm³/mol. The van der Waals surface area contributed by atoms with E-state index in [4.69, 9.17) is 5.11 Å². The zero-order valence-corrected chi connectivity index (χ0v) is 11.1. The minimum Gasteiger partial charge on any atom is -0.872 e. The first-order valence-electron chi connectivity index (χ1n) is 5.42. The molecule has 17 heavy (non-hydrogen) atoms. The van der Waals surface area contributed by atoms with Crippen molar-refractivity contribution in [1.82, 2.24) is 6.15 Å². The second-order valence-corrected chi connectivity index (χ2v) is 4.60. The van der Waals surface area contributed by atoms with Crippen molar-refractivity contribution >= 4 is 5.97 Å². The van der Waals surface area contributed by atoms with E-state index in [2.05, 4.69) is 0 Å². The van der Waals surface area contributed by atoms with Gasteiger partial charge in [0.15, 0.2) is 0 Å². The first-order chi connectivity index (χ1) is 7.34. The third kappa shape index (κ3) is 3.20. The molecule has 0 saturated heterocycles. The van der Waals surface area contributed by atoms with Crippen LogP contribution in [0.4, 0.5) is 0 Å². The number of hydrogen-bond donors (Lipinski definition) is 2. The van der Waals surface area contributed by atoms with Crippen LogP contribution in [0.5, 0.6) is 5.75 Å². The molecule has 0 aromatic heterocycles. The minimum atomic E-state index is -0.983. The van der Waals surface area contributed by atoms with Crippen LogP contribution in [0.15, 0.2) is 12.1 Å². The molecule has 96 valence electrons. The number of rotatable bonds is 3. The Labute approximate surface area is 102 Å². The predicted octanol–water partition coefficient (Wildman–Crippen LogP) is 3.08. The van der Waals surface area contributed by atoms with Gasteiger partial charge in [-0.2, -0.15) is 0 Å². The van der Waals surface area contributed by atoms with E-state index in [1.807, 2.05) is 27.7 Å². The number of carbonyl (C=O) groups is 1. The normalized spacial score (nSPS) is 10.5. The first-order valence-corrected chi connectivity index (χ1v) is 5.42. The largest absolute Gasteiger partial charge is 0.872 e. The molecular weight excluding hydrogens is 218 g/mol. The van der Waals surface area contributed by atoms with Gasteiger partial charge in [0.25, 0.3) is 0 Å². The molecule has 0 aliphatic heterocycles. The van der Waals surface area contributed by atoms with Crippen LogP contribution in [-0.2, 0) is 0 Å². The van der Waals surface area contributed by atoms with Crippen LogP contribution >= 0.6 is 0 Å². The molecule has 0 bridgehead atoms. The van der Waals surface area contributed by atoms with Crippen LogP contribution in [0.25, 0.3) is 0 Å². The summed E-state index contributed by atoms with van der Waals surface area (Å²) in [5, 5.41) is 21.0.